The Balaban J connectivity index is 1.45. The molecule has 0 saturated carbocycles. The van der Waals surface area contributed by atoms with Crippen LogP contribution in [-0.4, -0.2) is 27.6 Å². The van der Waals surface area contributed by atoms with Crippen molar-refractivity contribution in [3.05, 3.63) is 65.9 Å². The van der Waals surface area contributed by atoms with Gasteiger partial charge >= 0.3 is 0 Å². The average Bonchev–Trinajstić information content (AvgIpc) is 3.34. The van der Waals surface area contributed by atoms with Crippen LogP contribution in [0.2, 0.25) is 0 Å². The van der Waals surface area contributed by atoms with Crippen LogP contribution in [-0.2, 0) is 4.79 Å². The molecule has 4 aromatic rings. The van der Waals surface area contributed by atoms with Crippen molar-refractivity contribution in [2.45, 2.75) is 13.8 Å². The van der Waals surface area contributed by atoms with Gasteiger partial charge in [-0.3, -0.25) is 10.1 Å². The fraction of sp³-hybridized carbons (Fsp3) is 0.143. The molecule has 0 radical (unpaired) electrons. The van der Waals surface area contributed by atoms with E-state index in [-0.39, 0.29) is 12.5 Å². The van der Waals surface area contributed by atoms with Crippen LogP contribution >= 0.6 is 11.3 Å². The van der Waals surface area contributed by atoms with Gasteiger partial charge in [-0.25, -0.2) is 4.98 Å². The van der Waals surface area contributed by atoms with Gasteiger partial charge in [0.15, 0.2) is 11.7 Å². The highest BCUT2D eigenvalue weighted by atomic mass is 32.1. The SMILES string of the molecule is Cc1cccc(-c2noc(-c3sc(NC(=O)COc4ccccc4)nc3C)n2)c1. The Labute approximate surface area is 171 Å². The number of anilines is 1. The van der Waals surface area contributed by atoms with Gasteiger partial charge in [-0.05, 0) is 32.0 Å². The van der Waals surface area contributed by atoms with E-state index in [1.807, 2.05) is 56.3 Å². The van der Waals surface area contributed by atoms with Crippen molar-refractivity contribution in [1.82, 2.24) is 15.1 Å². The molecular weight excluding hydrogens is 388 g/mol. The zero-order valence-corrected chi connectivity index (χ0v) is 16.7. The third-order valence-corrected chi connectivity index (χ3v) is 5.11. The van der Waals surface area contributed by atoms with Gasteiger partial charge in [0, 0.05) is 5.56 Å². The fourth-order valence-corrected chi connectivity index (χ4v) is 3.59. The molecule has 0 bridgehead atoms. The molecule has 0 spiro atoms. The molecule has 0 atom stereocenters. The fourth-order valence-electron chi connectivity index (χ4n) is 2.69. The lowest BCUT2D eigenvalue weighted by Crippen LogP contribution is -2.20. The van der Waals surface area contributed by atoms with Gasteiger partial charge < -0.3 is 9.26 Å². The van der Waals surface area contributed by atoms with Crippen LogP contribution in [0.5, 0.6) is 5.75 Å². The van der Waals surface area contributed by atoms with Crippen molar-refractivity contribution in [3.8, 4) is 27.9 Å². The molecule has 0 aliphatic heterocycles. The number of thiazole rings is 1. The van der Waals surface area contributed by atoms with Gasteiger partial charge in [0.1, 0.15) is 10.6 Å². The molecule has 4 rings (SSSR count). The van der Waals surface area contributed by atoms with E-state index in [2.05, 4.69) is 20.4 Å². The van der Waals surface area contributed by atoms with Crippen LogP contribution in [0, 0.1) is 13.8 Å². The van der Waals surface area contributed by atoms with Crippen molar-refractivity contribution in [1.29, 1.82) is 0 Å². The second-order valence-electron chi connectivity index (χ2n) is 6.38. The van der Waals surface area contributed by atoms with Gasteiger partial charge in [-0.2, -0.15) is 4.98 Å². The Morgan fingerprint density at radius 1 is 1.10 bits per heavy atom. The number of nitrogens with one attached hydrogen (secondary N) is 1. The van der Waals surface area contributed by atoms with Crippen LogP contribution in [0.3, 0.4) is 0 Å². The van der Waals surface area contributed by atoms with Gasteiger partial charge in [0.2, 0.25) is 5.82 Å². The van der Waals surface area contributed by atoms with Gasteiger partial charge in [-0.1, -0.05) is 58.5 Å². The van der Waals surface area contributed by atoms with Crippen molar-refractivity contribution in [2.24, 2.45) is 0 Å². The summed E-state index contributed by atoms with van der Waals surface area (Å²) in [5, 5.41) is 7.26. The second-order valence-corrected chi connectivity index (χ2v) is 7.38. The van der Waals surface area contributed by atoms with Gasteiger partial charge in [0.05, 0.1) is 5.69 Å². The third kappa shape index (κ3) is 4.49. The Morgan fingerprint density at radius 2 is 1.93 bits per heavy atom. The quantitative estimate of drug-likeness (QED) is 0.507. The van der Waals surface area contributed by atoms with Crippen LogP contribution in [0.15, 0.2) is 59.1 Å². The minimum atomic E-state index is -0.292. The molecule has 7 nitrogen and oxygen atoms in total. The number of nitrogens with zero attached hydrogens (tertiary/aromatic N) is 3. The molecule has 1 amide bonds. The molecule has 1 N–H and O–H groups in total. The molecule has 29 heavy (non-hydrogen) atoms. The number of para-hydroxylation sites is 1. The molecule has 8 heteroatoms. The summed E-state index contributed by atoms with van der Waals surface area (Å²) in [6, 6.07) is 17.0. The Hall–Kier alpha value is -3.52. The zero-order valence-electron chi connectivity index (χ0n) is 15.9. The monoisotopic (exact) mass is 406 g/mol. The number of aromatic nitrogens is 3. The number of amides is 1. The molecule has 0 saturated heterocycles. The first-order valence-corrected chi connectivity index (χ1v) is 9.76. The number of rotatable bonds is 6. The number of hydrogen-bond donors (Lipinski definition) is 1. The highest BCUT2D eigenvalue weighted by molar-refractivity contribution is 7.19. The van der Waals surface area contributed by atoms with E-state index in [0.29, 0.717) is 28.3 Å². The molecular formula is C21H18N4O3S. The first-order chi connectivity index (χ1) is 14.1. The van der Waals surface area contributed by atoms with E-state index < -0.39 is 0 Å². The van der Waals surface area contributed by atoms with E-state index in [9.17, 15) is 4.79 Å². The minimum absolute atomic E-state index is 0.101. The van der Waals surface area contributed by atoms with Crippen LogP contribution in [0.4, 0.5) is 5.13 Å². The molecule has 2 aromatic heterocycles. The number of hydrogen-bond acceptors (Lipinski definition) is 7. The zero-order chi connectivity index (χ0) is 20.2. The topological polar surface area (TPSA) is 90.1 Å². The molecule has 0 fully saturated rings. The average molecular weight is 406 g/mol. The number of ether oxygens (including phenoxy) is 1. The second kappa shape index (κ2) is 8.24. The summed E-state index contributed by atoms with van der Waals surface area (Å²) in [5.41, 5.74) is 2.70. The largest absolute Gasteiger partial charge is 0.484 e. The van der Waals surface area contributed by atoms with Crippen LogP contribution in [0.25, 0.3) is 22.2 Å². The molecule has 2 heterocycles. The highest BCUT2D eigenvalue weighted by Gasteiger charge is 2.18. The lowest BCUT2D eigenvalue weighted by molar-refractivity contribution is -0.118. The third-order valence-electron chi connectivity index (χ3n) is 4.05. The van der Waals surface area contributed by atoms with Crippen molar-refractivity contribution >= 4 is 22.4 Å². The summed E-state index contributed by atoms with van der Waals surface area (Å²) < 4.78 is 10.9. The summed E-state index contributed by atoms with van der Waals surface area (Å²) >= 11 is 1.28. The van der Waals surface area contributed by atoms with Crippen LogP contribution < -0.4 is 10.1 Å². The van der Waals surface area contributed by atoms with Gasteiger partial charge in [0.25, 0.3) is 11.8 Å². The predicted octanol–water partition coefficient (Wildman–Crippen LogP) is 4.49. The maximum absolute atomic E-state index is 12.1. The van der Waals surface area contributed by atoms with E-state index in [0.717, 1.165) is 16.0 Å². The summed E-state index contributed by atoms with van der Waals surface area (Å²) in [4.78, 5) is 21.7. The normalized spacial score (nSPS) is 10.7. The molecule has 0 aliphatic rings. The summed E-state index contributed by atoms with van der Waals surface area (Å²) in [6.07, 6.45) is 0. The van der Waals surface area contributed by atoms with E-state index in [4.69, 9.17) is 9.26 Å². The maximum atomic E-state index is 12.1. The molecule has 0 aliphatic carbocycles. The summed E-state index contributed by atoms with van der Waals surface area (Å²) in [5.74, 6) is 1.23. The summed E-state index contributed by atoms with van der Waals surface area (Å²) in [6.45, 7) is 3.74. The minimum Gasteiger partial charge on any atom is -0.484 e. The number of aryl methyl sites for hydroxylation is 2. The van der Waals surface area contributed by atoms with Crippen molar-refractivity contribution < 1.29 is 14.1 Å². The number of carbonyl (C=O) groups excluding carboxylic acids is 1. The lowest BCUT2D eigenvalue weighted by Gasteiger charge is -2.05. The number of benzene rings is 2. The lowest BCUT2D eigenvalue weighted by atomic mass is 10.1. The number of carbonyl (C=O) groups is 1. The highest BCUT2D eigenvalue weighted by Crippen LogP contribution is 2.32. The van der Waals surface area contributed by atoms with Crippen molar-refractivity contribution in [2.75, 3.05) is 11.9 Å². The van der Waals surface area contributed by atoms with E-state index >= 15 is 0 Å². The molecule has 146 valence electrons. The molecule has 0 unspecified atom stereocenters. The van der Waals surface area contributed by atoms with Crippen LogP contribution in [0.1, 0.15) is 11.3 Å². The summed E-state index contributed by atoms with van der Waals surface area (Å²) in [7, 11) is 0. The van der Waals surface area contributed by atoms with Crippen molar-refractivity contribution in [3.63, 3.8) is 0 Å². The standard InChI is InChI=1S/C21H18N4O3S/c1-13-7-6-8-15(11-13)19-24-20(28-25-19)18-14(2)22-21(29-18)23-17(26)12-27-16-9-4-3-5-10-16/h3-11H,12H2,1-2H3,(H,22,23,26). The Morgan fingerprint density at radius 3 is 2.72 bits per heavy atom. The smallest absolute Gasteiger partial charge is 0.270 e. The van der Waals surface area contributed by atoms with E-state index in [1.54, 1.807) is 12.1 Å². The van der Waals surface area contributed by atoms with E-state index in [1.165, 1.54) is 11.3 Å². The first kappa shape index (κ1) is 18.8. The first-order valence-electron chi connectivity index (χ1n) is 8.95. The predicted molar refractivity (Wildman–Crippen MR) is 111 cm³/mol. The Kier molecular flexibility index (Phi) is 5.35. The van der Waals surface area contributed by atoms with Gasteiger partial charge in [-0.15, -0.1) is 0 Å². The molecule has 2 aromatic carbocycles. The Bertz CT molecular complexity index is 1140. The maximum Gasteiger partial charge on any atom is 0.270 e.